The summed E-state index contributed by atoms with van der Waals surface area (Å²) in [6, 6.07) is 17.0. The molecule has 1 fully saturated rings. The van der Waals surface area contributed by atoms with Gasteiger partial charge in [0.25, 0.3) is 10.0 Å². The van der Waals surface area contributed by atoms with E-state index >= 15 is 0 Å². The van der Waals surface area contributed by atoms with Crippen LogP contribution in [0.5, 0.6) is 11.5 Å². The summed E-state index contributed by atoms with van der Waals surface area (Å²) >= 11 is 6.31. The number of esters is 1. The van der Waals surface area contributed by atoms with Gasteiger partial charge in [0.1, 0.15) is 11.1 Å². The van der Waals surface area contributed by atoms with Crippen LogP contribution in [0.4, 0.5) is 11.4 Å². The van der Waals surface area contributed by atoms with E-state index < -0.39 is 38.8 Å². The normalized spacial score (nSPS) is 16.0. The van der Waals surface area contributed by atoms with Gasteiger partial charge in [0.15, 0.2) is 11.5 Å². The van der Waals surface area contributed by atoms with Crippen LogP contribution in [0.15, 0.2) is 76.6 Å². The highest BCUT2D eigenvalue weighted by molar-refractivity contribution is 7.89. The van der Waals surface area contributed by atoms with E-state index in [1.54, 1.807) is 48.7 Å². The van der Waals surface area contributed by atoms with Crippen LogP contribution in [0, 0.1) is 11.5 Å². The largest absolute Gasteiger partial charge is 0.504 e. The third kappa shape index (κ3) is 5.52. The quantitative estimate of drug-likeness (QED) is 0.141. The van der Waals surface area contributed by atoms with Crippen molar-refractivity contribution in [3.8, 4) is 17.7 Å². The van der Waals surface area contributed by atoms with Crippen molar-refractivity contribution in [2.75, 3.05) is 18.6 Å². The van der Waals surface area contributed by atoms with Crippen LogP contribution in [0.2, 0.25) is 5.02 Å². The lowest BCUT2D eigenvalue weighted by atomic mass is 10.2. The number of phenols is 1. The molecule has 3 N–H and O–H groups in total. The Bertz CT molecular complexity index is 1560. The Morgan fingerprint density at radius 1 is 1.15 bits per heavy atom. The molecule has 1 aliphatic heterocycles. The topological polar surface area (TPSA) is 159 Å². The summed E-state index contributed by atoms with van der Waals surface area (Å²) in [5.41, 5.74) is 6.32. The number of aromatic hydroxyl groups is 1. The predicted octanol–water partition coefficient (Wildman–Crippen LogP) is 3.96. The highest BCUT2D eigenvalue weighted by atomic mass is 35.5. The van der Waals surface area contributed by atoms with Crippen LogP contribution in [0.25, 0.3) is 0 Å². The molecule has 0 amide bonds. The molecule has 0 saturated carbocycles. The van der Waals surface area contributed by atoms with Crippen LogP contribution in [-0.4, -0.2) is 49.6 Å². The maximum absolute atomic E-state index is 13.6. The zero-order chi connectivity index (χ0) is 28.2. The van der Waals surface area contributed by atoms with Gasteiger partial charge in [0, 0.05) is 13.7 Å². The Morgan fingerprint density at radius 2 is 1.85 bits per heavy atom. The molecule has 0 aliphatic carbocycles. The van der Waals surface area contributed by atoms with E-state index in [-0.39, 0.29) is 34.3 Å². The summed E-state index contributed by atoms with van der Waals surface area (Å²) in [6.45, 7) is 0.168. The minimum absolute atomic E-state index is 0.000176. The average Bonchev–Trinajstić information content (AvgIpc) is 3.42. The summed E-state index contributed by atoms with van der Waals surface area (Å²) < 4.78 is 39.3. The minimum atomic E-state index is -4.33. The molecule has 1 unspecified atom stereocenters. The number of methoxy groups -OCH3 is 1. The van der Waals surface area contributed by atoms with E-state index in [1.807, 2.05) is 0 Å². The summed E-state index contributed by atoms with van der Waals surface area (Å²) in [4.78, 5) is 16.9. The van der Waals surface area contributed by atoms with Crippen LogP contribution in [0.3, 0.4) is 0 Å². The standard InChI is InChI=1S/C26H24ClN5O6S/c1-37-22-12-7-15-31(22)39(35,36)24-18(27)13-14-20(23(24)33)32(26(29)30-16-28)19-10-5-6-11-21(19)38-25(34)17-8-3-2-4-9-17/h2-6,8-11,13-14,22,33H,7,12,15H2,1H3,(H2,29,30). The van der Waals surface area contributed by atoms with E-state index in [9.17, 15) is 23.6 Å². The predicted molar refractivity (Wildman–Crippen MR) is 144 cm³/mol. The number of nitrogens with zero attached hydrogens (tertiary/aromatic N) is 4. The van der Waals surface area contributed by atoms with Crippen LogP contribution in [0.1, 0.15) is 23.2 Å². The lowest BCUT2D eigenvalue weighted by Crippen LogP contribution is -2.37. The first-order chi connectivity index (χ1) is 18.7. The fraction of sp³-hybridized carbons (Fsp3) is 0.192. The van der Waals surface area contributed by atoms with Crippen LogP contribution < -0.4 is 15.4 Å². The van der Waals surface area contributed by atoms with Crippen molar-refractivity contribution >= 4 is 44.9 Å². The van der Waals surface area contributed by atoms with Crippen molar-refractivity contribution in [3.05, 3.63) is 77.3 Å². The highest BCUT2D eigenvalue weighted by Gasteiger charge is 2.39. The number of carbonyl (C=O) groups excluding carboxylic acids is 1. The number of nitrogens with two attached hydrogens (primary N) is 1. The van der Waals surface area contributed by atoms with Crippen molar-refractivity contribution in [1.82, 2.24) is 4.31 Å². The number of anilines is 2. The second kappa shape index (κ2) is 11.7. The second-order valence-electron chi connectivity index (χ2n) is 8.32. The number of nitriles is 1. The summed E-state index contributed by atoms with van der Waals surface area (Å²) in [7, 11) is -2.94. The lowest BCUT2D eigenvalue weighted by Gasteiger charge is -2.28. The Balaban J connectivity index is 1.86. The van der Waals surface area contributed by atoms with Gasteiger partial charge >= 0.3 is 5.97 Å². The number of phenolic OH excluding ortho intramolecular Hbond substituents is 1. The zero-order valence-electron chi connectivity index (χ0n) is 20.7. The number of sulfonamides is 1. The number of halogens is 1. The van der Waals surface area contributed by atoms with Gasteiger partial charge in [-0.3, -0.25) is 4.90 Å². The smallest absolute Gasteiger partial charge is 0.343 e. The van der Waals surface area contributed by atoms with E-state index in [0.29, 0.717) is 12.8 Å². The fourth-order valence-electron chi connectivity index (χ4n) is 4.24. The number of para-hydroxylation sites is 2. The SMILES string of the molecule is COC1CCCN1S(=O)(=O)c1c(Cl)ccc(N(C(N)=NC#N)c2ccccc2OC(=O)c2ccccc2)c1O. The molecule has 3 aromatic carbocycles. The van der Waals surface area contributed by atoms with E-state index in [1.165, 1.54) is 31.4 Å². The fourth-order valence-corrected chi connectivity index (χ4v) is 6.45. The van der Waals surface area contributed by atoms with Gasteiger partial charge in [-0.25, -0.2) is 13.2 Å². The van der Waals surface area contributed by atoms with E-state index in [2.05, 4.69) is 4.99 Å². The van der Waals surface area contributed by atoms with Gasteiger partial charge in [-0.05, 0) is 49.2 Å². The number of carbonyl (C=O) groups is 1. The summed E-state index contributed by atoms with van der Waals surface area (Å²) in [5.74, 6) is -1.86. The van der Waals surface area contributed by atoms with Crippen LogP contribution >= 0.6 is 11.6 Å². The van der Waals surface area contributed by atoms with Gasteiger partial charge in [-0.2, -0.15) is 9.57 Å². The molecule has 11 nitrogen and oxygen atoms in total. The third-order valence-electron chi connectivity index (χ3n) is 6.00. The molecule has 1 heterocycles. The molecule has 1 aliphatic rings. The molecule has 0 bridgehead atoms. The summed E-state index contributed by atoms with van der Waals surface area (Å²) in [6.07, 6.45) is 1.88. The molecular formula is C26H24ClN5O6S. The molecule has 1 saturated heterocycles. The monoisotopic (exact) mass is 569 g/mol. The number of guanidine groups is 1. The van der Waals surface area contributed by atoms with Gasteiger partial charge in [-0.1, -0.05) is 41.9 Å². The molecule has 13 heteroatoms. The maximum Gasteiger partial charge on any atom is 0.343 e. The van der Waals surface area contributed by atoms with Crippen LogP contribution in [-0.2, 0) is 14.8 Å². The molecule has 0 radical (unpaired) electrons. The van der Waals surface area contributed by atoms with Crippen molar-refractivity contribution < 1.29 is 27.8 Å². The first-order valence-corrected chi connectivity index (χ1v) is 13.5. The number of benzene rings is 3. The molecule has 0 aromatic heterocycles. The summed E-state index contributed by atoms with van der Waals surface area (Å²) in [5, 5.41) is 20.3. The number of ether oxygens (including phenoxy) is 2. The number of hydrogen-bond acceptors (Lipinski definition) is 8. The number of rotatable bonds is 7. The number of hydrogen-bond donors (Lipinski definition) is 2. The third-order valence-corrected chi connectivity index (χ3v) is 8.40. The van der Waals surface area contributed by atoms with Crippen molar-refractivity contribution in [3.63, 3.8) is 0 Å². The van der Waals surface area contributed by atoms with Crippen molar-refractivity contribution in [2.45, 2.75) is 24.0 Å². The van der Waals surface area contributed by atoms with Gasteiger partial charge in [-0.15, -0.1) is 4.99 Å². The van der Waals surface area contributed by atoms with Gasteiger partial charge in [0.05, 0.1) is 22.0 Å². The average molecular weight is 570 g/mol. The zero-order valence-corrected chi connectivity index (χ0v) is 22.3. The molecule has 1 atom stereocenters. The lowest BCUT2D eigenvalue weighted by molar-refractivity contribution is 0.0405. The molecule has 4 rings (SSSR count). The molecular weight excluding hydrogens is 546 g/mol. The molecule has 3 aromatic rings. The highest BCUT2D eigenvalue weighted by Crippen LogP contribution is 2.45. The molecule has 39 heavy (non-hydrogen) atoms. The first-order valence-electron chi connectivity index (χ1n) is 11.7. The maximum atomic E-state index is 13.6. The molecule has 0 spiro atoms. The first kappa shape index (κ1) is 27.9. The Kier molecular flexibility index (Phi) is 8.37. The Labute approximate surface area is 230 Å². The Morgan fingerprint density at radius 3 is 2.54 bits per heavy atom. The second-order valence-corrected chi connectivity index (χ2v) is 10.6. The van der Waals surface area contributed by atoms with Gasteiger partial charge < -0.3 is 20.3 Å². The number of aliphatic imine (C=N–C) groups is 1. The van der Waals surface area contributed by atoms with Crippen molar-refractivity contribution in [2.24, 2.45) is 10.7 Å². The van der Waals surface area contributed by atoms with E-state index in [0.717, 1.165) is 9.21 Å². The van der Waals surface area contributed by atoms with E-state index in [4.69, 9.17) is 26.8 Å². The minimum Gasteiger partial charge on any atom is -0.504 e. The van der Waals surface area contributed by atoms with Gasteiger partial charge in [0.2, 0.25) is 12.2 Å². The Hall–Kier alpha value is -4.15. The van der Waals surface area contributed by atoms with Crippen molar-refractivity contribution in [1.29, 1.82) is 5.26 Å². The molecule has 202 valence electrons.